The number of imidazole rings is 1. The minimum absolute atomic E-state index is 0.0117. The van der Waals surface area contributed by atoms with Gasteiger partial charge in [-0.3, -0.25) is 4.79 Å². The van der Waals surface area contributed by atoms with Gasteiger partial charge in [0, 0.05) is 5.56 Å². The van der Waals surface area contributed by atoms with E-state index in [0.717, 1.165) is 23.6 Å². The number of nitriles is 1. The van der Waals surface area contributed by atoms with E-state index >= 15 is 0 Å². The monoisotopic (exact) mass is 506 g/mol. The van der Waals surface area contributed by atoms with Gasteiger partial charge in [0.25, 0.3) is 5.91 Å². The molecule has 6 nitrogen and oxygen atoms in total. The van der Waals surface area contributed by atoms with Gasteiger partial charge in [-0.15, -0.1) is 0 Å². The molecule has 0 aliphatic rings. The SMILES string of the molecule is CC(C#N)(Cn1c(C(F)(F)F)nc2ccccc21)NC(=O)c1ccc(OC(F)(F)C(F)(F)F)cc1. The van der Waals surface area contributed by atoms with Crippen LogP contribution in [0.25, 0.3) is 11.0 Å². The Balaban J connectivity index is 1.83. The second-order valence-electron chi connectivity index (χ2n) is 7.55. The van der Waals surface area contributed by atoms with Crippen LogP contribution >= 0.6 is 0 Å². The van der Waals surface area contributed by atoms with E-state index in [1.807, 2.05) is 0 Å². The van der Waals surface area contributed by atoms with Crippen LogP contribution in [0.3, 0.4) is 0 Å². The van der Waals surface area contributed by atoms with Gasteiger partial charge in [-0.05, 0) is 43.3 Å². The van der Waals surface area contributed by atoms with Crippen LogP contribution in [0, 0.1) is 11.3 Å². The Morgan fingerprint density at radius 3 is 2.17 bits per heavy atom. The number of para-hydroxylation sites is 2. The molecule has 186 valence electrons. The Morgan fingerprint density at radius 2 is 1.63 bits per heavy atom. The molecule has 0 radical (unpaired) electrons. The van der Waals surface area contributed by atoms with Gasteiger partial charge in [0.05, 0.1) is 23.6 Å². The van der Waals surface area contributed by atoms with E-state index in [0.29, 0.717) is 12.1 Å². The standard InChI is InChI=1S/C21H14F8N4O2/c1-18(10-30,11-33-15-5-3-2-4-14(15)31-17(33)19(22,23)24)32-16(34)12-6-8-13(9-7-12)35-21(28,29)20(25,26)27/h2-9H,11H2,1H3,(H,32,34). The molecule has 1 atom stereocenters. The van der Waals surface area contributed by atoms with Crippen LogP contribution in [0.15, 0.2) is 48.5 Å². The van der Waals surface area contributed by atoms with E-state index in [9.17, 15) is 45.2 Å². The highest BCUT2D eigenvalue weighted by atomic mass is 19.4. The minimum atomic E-state index is -5.97. The van der Waals surface area contributed by atoms with Gasteiger partial charge in [0.15, 0.2) is 0 Å². The molecule has 0 aliphatic carbocycles. The van der Waals surface area contributed by atoms with E-state index in [4.69, 9.17) is 0 Å². The molecule has 1 aromatic heterocycles. The Kier molecular flexibility index (Phi) is 6.41. The van der Waals surface area contributed by atoms with Gasteiger partial charge in [-0.25, -0.2) is 4.98 Å². The number of hydrogen-bond acceptors (Lipinski definition) is 4. The molecule has 2 aromatic carbocycles. The molecule has 0 spiro atoms. The lowest BCUT2D eigenvalue weighted by molar-refractivity contribution is -0.360. The maximum atomic E-state index is 13.5. The van der Waals surface area contributed by atoms with Gasteiger partial charge in [-0.1, -0.05) is 12.1 Å². The molecular weight excluding hydrogens is 492 g/mol. The Morgan fingerprint density at radius 1 is 1.03 bits per heavy atom. The number of hydrogen-bond donors (Lipinski definition) is 1. The summed E-state index contributed by atoms with van der Waals surface area (Å²) in [5, 5.41) is 11.9. The summed E-state index contributed by atoms with van der Waals surface area (Å²) in [5.41, 5.74) is -2.11. The zero-order chi connectivity index (χ0) is 26.2. The van der Waals surface area contributed by atoms with Crippen LogP contribution in [0.2, 0.25) is 0 Å². The molecule has 1 heterocycles. The van der Waals surface area contributed by atoms with Crippen molar-refractivity contribution in [2.24, 2.45) is 0 Å². The number of rotatable bonds is 6. The van der Waals surface area contributed by atoms with E-state index < -0.39 is 48.0 Å². The van der Waals surface area contributed by atoms with Crippen LogP contribution in [0.5, 0.6) is 5.75 Å². The summed E-state index contributed by atoms with van der Waals surface area (Å²) in [6.07, 6.45) is -16.3. The molecule has 3 rings (SSSR count). The molecular formula is C21H14F8N4O2. The van der Waals surface area contributed by atoms with Crippen molar-refractivity contribution in [3.8, 4) is 11.8 Å². The van der Waals surface area contributed by atoms with E-state index in [1.54, 1.807) is 6.07 Å². The molecule has 0 saturated carbocycles. The summed E-state index contributed by atoms with van der Waals surface area (Å²) in [7, 11) is 0. The fourth-order valence-electron chi connectivity index (χ4n) is 3.07. The maximum absolute atomic E-state index is 13.5. The summed E-state index contributed by atoms with van der Waals surface area (Å²) in [6, 6.07) is 10.4. The molecule has 0 fully saturated rings. The molecule has 1 N–H and O–H groups in total. The fraction of sp³-hybridized carbons (Fsp3) is 0.286. The number of halogens is 8. The first-order valence-corrected chi connectivity index (χ1v) is 9.56. The number of alkyl halides is 8. The third-order valence-electron chi connectivity index (χ3n) is 4.71. The van der Waals surface area contributed by atoms with Crippen LogP contribution < -0.4 is 10.1 Å². The van der Waals surface area contributed by atoms with Gasteiger partial charge >= 0.3 is 18.5 Å². The highest BCUT2D eigenvalue weighted by molar-refractivity contribution is 5.95. The molecule has 35 heavy (non-hydrogen) atoms. The van der Waals surface area contributed by atoms with Crippen molar-refractivity contribution >= 4 is 16.9 Å². The molecule has 3 aromatic rings. The van der Waals surface area contributed by atoms with Crippen molar-refractivity contribution in [2.75, 3.05) is 0 Å². The maximum Gasteiger partial charge on any atom is 0.499 e. The van der Waals surface area contributed by atoms with Crippen molar-refractivity contribution in [3.63, 3.8) is 0 Å². The minimum Gasteiger partial charge on any atom is -0.426 e. The lowest BCUT2D eigenvalue weighted by atomic mass is 10.0. The number of aromatic nitrogens is 2. The van der Waals surface area contributed by atoms with Crippen molar-refractivity contribution < 1.29 is 44.7 Å². The van der Waals surface area contributed by atoms with Crippen molar-refractivity contribution in [1.29, 1.82) is 5.26 Å². The lowest BCUT2D eigenvalue weighted by Gasteiger charge is -2.25. The normalized spacial score (nSPS) is 14.3. The highest BCUT2D eigenvalue weighted by Gasteiger charge is 2.61. The molecule has 0 saturated heterocycles. The zero-order valence-corrected chi connectivity index (χ0v) is 17.5. The molecule has 0 aliphatic heterocycles. The average molecular weight is 506 g/mol. The number of amides is 1. The van der Waals surface area contributed by atoms with Crippen LogP contribution in [0.1, 0.15) is 23.1 Å². The van der Waals surface area contributed by atoms with Crippen LogP contribution in [-0.4, -0.2) is 33.3 Å². The first kappa shape index (κ1) is 25.7. The first-order chi connectivity index (χ1) is 16.1. The van der Waals surface area contributed by atoms with Crippen LogP contribution in [-0.2, 0) is 12.7 Å². The average Bonchev–Trinajstić information content (AvgIpc) is 3.12. The molecule has 1 unspecified atom stereocenters. The third kappa shape index (κ3) is 5.44. The van der Waals surface area contributed by atoms with Crippen molar-refractivity contribution in [1.82, 2.24) is 14.9 Å². The zero-order valence-electron chi connectivity index (χ0n) is 17.5. The van der Waals surface area contributed by atoms with Gasteiger partial charge < -0.3 is 14.6 Å². The third-order valence-corrected chi connectivity index (χ3v) is 4.71. The van der Waals surface area contributed by atoms with Crippen molar-refractivity contribution in [3.05, 3.63) is 59.9 Å². The number of benzene rings is 2. The quantitative estimate of drug-likeness (QED) is 0.460. The Labute approximate surface area is 191 Å². The summed E-state index contributed by atoms with van der Waals surface area (Å²) < 4.78 is 108. The number of fused-ring (bicyclic) bond motifs is 1. The fourth-order valence-corrected chi connectivity index (χ4v) is 3.07. The second kappa shape index (κ2) is 8.71. The van der Waals surface area contributed by atoms with Gasteiger partial charge in [0.1, 0.15) is 11.3 Å². The number of nitrogens with zero attached hydrogens (tertiary/aromatic N) is 3. The van der Waals surface area contributed by atoms with Crippen molar-refractivity contribution in [2.45, 2.75) is 37.5 Å². The topological polar surface area (TPSA) is 79.9 Å². The molecule has 0 bridgehead atoms. The number of nitrogens with one attached hydrogen (secondary N) is 1. The number of carbonyl (C=O) groups excluding carboxylic acids is 1. The second-order valence-corrected chi connectivity index (χ2v) is 7.55. The highest BCUT2D eigenvalue weighted by Crippen LogP contribution is 2.37. The van der Waals surface area contributed by atoms with Gasteiger partial charge in [0.2, 0.25) is 5.82 Å². The van der Waals surface area contributed by atoms with Gasteiger partial charge in [-0.2, -0.15) is 40.4 Å². The van der Waals surface area contributed by atoms with Crippen LogP contribution in [0.4, 0.5) is 35.1 Å². The largest absolute Gasteiger partial charge is 0.499 e. The Bertz CT molecular complexity index is 1280. The Hall–Kier alpha value is -3.89. The summed E-state index contributed by atoms with van der Waals surface area (Å²) >= 11 is 0. The predicted octanol–water partition coefficient (Wildman–Crippen LogP) is 5.30. The van der Waals surface area contributed by atoms with E-state index in [-0.39, 0.29) is 16.6 Å². The summed E-state index contributed by atoms with van der Waals surface area (Å²) in [6.45, 7) is 0.491. The van der Waals surface area contributed by atoms with E-state index in [1.165, 1.54) is 24.3 Å². The first-order valence-electron chi connectivity index (χ1n) is 9.56. The van der Waals surface area contributed by atoms with E-state index in [2.05, 4.69) is 15.0 Å². The number of carbonyl (C=O) groups is 1. The molecule has 1 amide bonds. The smallest absolute Gasteiger partial charge is 0.426 e. The lowest BCUT2D eigenvalue weighted by Crippen LogP contribution is -2.48. The molecule has 14 heteroatoms. The predicted molar refractivity (Wildman–Crippen MR) is 104 cm³/mol. The summed E-state index contributed by atoms with van der Waals surface area (Å²) in [4.78, 5) is 16.1. The number of ether oxygens (including phenoxy) is 1. The summed E-state index contributed by atoms with van der Waals surface area (Å²) in [5.74, 6) is -3.19.